The van der Waals surface area contributed by atoms with Gasteiger partial charge in [-0.25, -0.2) is 0 Å². The van der Waals surface area contributed by atoms with E-state index in [2.05, 4.69) is 27.5 Å². The molecule has 0 bridgehead atoms. The van der Waals surface area contributed by atoms with Crippen molar-refractivity contribution in [1.82, 2.24) is 25.3 Å². The summed E-state index contributed by atoms with van der Waals surface area (Å²) < 4.78 is 0. The van der Waals surface area contributed by atoms with Crippen LogP contribution in [-0.4, -0.2) is 115 Å². The lowest BCUT2D eigenvalue weighted by Gasteiger charge is -2.34. The fourth-order valence-corrected chi connectivity index (χ4v) is 6.46. The van der Waals surface area contributed by atoms with E-state index >= 15 is 0 Å². The lowest BCUT2D eigenvalue weighted by Crippen LogP contribution is -2.54. The first-order chi connectivity index (χ1) is 20.4. The zero-order valence-electron chi connectivity index (χ0n) is 26.5. The Bertz CT molecular complexity index is 1200. The normalized spacial score (nSPS) is 22.8. The minimum absolute atomic E-state index is 0.0919. The number of likely N-dealkylation sites (N-methyl/N-ethyl adjacent to an activating group) is 1. The van der Waals surface area contributed by atoms with Gasteiger partial charge in [-0.05, 0) is 56.0 Å². The lowest BCUT2D eigenvalue weighted by atomic mass is 9.97. The van der Waals surface area contributed by atoms with Gasteiger partial charge in [0.25, 0.3) is 5.91 Å². The number of hydrogen-bond acceptors (Lipinski definition) is 7. The molecule has 11 nitrogen and oxygen atoms in total. The average Bonchev–Trinajstić information content (AvgIpc) is 3.55. The Balaban J connectivity index is 1.45. The number of hydrogen-bond donors (Lipinski definition) is 2. The largest absolute Gasteiger partial charge is 0.369 e. The molecule has 236 valence electrons. The van der Waals surface area contributed by atoms with Crippen molar-refractivity contribution in [3.63, 3.8) is 0 Å². The van der Waals surface area contributed by atoms with Gasteiger partial charge in [0.1, 0.15) is 18.1 Å². The number of anilines is 1. The van der Waals surface area contributed by atoms with Crippen LogP contribution in [0, 0.1) is 11.8 Å². The zero-order valence-corrected chi connectivity index (χ0v) is 26.5. The quantitative estimate of drug-likeness (QED) is 0.420. The Morgan fingerprint density at radius 2 is 1.56 bits per heavy atom. The maximum atomic E-state index is 13.9. The monoisotopic (exact) mass is 596 g/mol. The summed E-state index contributed by atoms with van der Waals surface area (Å²) in [5.74, 6) is -1.39. The summed E-state index contributed by atoms with van der Waals surface area (Å²) >= 11 is 0. The second-order valence-corrected chi connectivity index (χ2v) is 12.8. The molecule has 0 aliphatic carbocycles. The van der Waals surface area contributed by atoms with E-state index in [1.165, 1.54) is 6.92 Å². The van der Waals surface area contributed by atoms with Crippen LogP contribution in [0.25, 0.3) is 0 Å². The van der Waals surface area contributed by atoms with Crippen molar-refractivity contribution >= 4 is 35.1 Å². The third kappa shape index (κ3) is 7.37. The molecule has 5 atom stereocenters. The Labute approximate surface area is 255 Å². The van der Waals surface area contributed by atoms with Crippen molar-refractivity contribution in [2.45, 2.75) is 78.0 Å². The highest BCUT2D eigenvalue weighted by molar-refractivity contribution is 6.01. The van der Waals surface area contributed by atoms with Gasteiger partial charge in [-0.15, -0.1) is 0 Å². The number of Topliss-reactive ketones (excluding diaryl/α,β-unsaturated/α-hetero) is 1. The highest BCUT2D eigenvalue weighted by Gasteiger charge is 2.53. The fraction of sp³-hybridized carbons (Fsp3) is 0.656. The van der Waals surface area contributed by atoms with Crippen LogP contribution in [0.4, 0.5) is 5.69 Å². The summed E-state index contributed by atoms with van der Waals surface area (Å²) in [6.45, 7) is 13.3. The van der Waals surface area contributed by atoms with Gasteiger partial charge in [0.2, 0.25) is 17.7 Å². The second kappa shape index (κ2) is 13.9. The minimum Gasteiger partial charge on any atom is -0.369 e. The van der Waals surface area contributed by atoms with Crippen LogP contribution in [0.2, 0.25) is 0 Å². The predicted molar refractivity (Wildman–Crippen MR) is 165 cm³/mol. The SMILES string of the molecule is CCC(C)C(NC(C)=O)C(=O)N1CC(=O)C2C1CCN2C(=O)C(CC(C)C)NC(=O)c1ccc(N2CCN(C)CC2)cc1. The van der Waals surface area contributed by atoms with Crippen LogP contribution in [0.5, 0.6) is 0 Å². The van der Waals surface area contributed by atoms with E-state index in [0.717, 1.165) is 31.9 Å². The molecular formula is C32H48N6O5. The van der Waals surface area contributed by atoms with Crippen LogP contribution in [0.3, 0.4) is 0 Å². The Hall–Kier alpha value is -3.47. The summed E-state index contributed by atoms with van der Waals surface area (Å²) in [5, 5.41) is 5.71. The number of likely N-dealkylation sites (tertiary alicyclic amines) is 2. The van der Waals surface area contributed by atoms with Gasteiger partial charge in [-0.2, -0.15) is 0 Å². The molecule has 2 N–H and O–H groups in total. The van der Waals surface area contributed by atoms with Gasteiger partial charge < -0.3 is 30.2 Å². The summed E-state index contributed by atoms with van der Waals surface area (Å²) in [4.78, 5) is 73.6. The summed E-state index contributed by atoms with van der Waals surface area (Å²) in [6, 6.07) is 4.75. The van der Waals surface area contributed by atoms with E-state index in [9.17, 15) is 24.0 Å². The third-order valence-corrected chi connectivity index (χ3v) is 9.13. The van der Waals surface area contributed by atoms with Crippen molar-refractivity contribution in [2.24, 2.45) is 11.8 Å². The van der Waals surface area contributed by atoms with Crippen molar-refractivity contribution in [3.05, 3.63) is 29.8 Å². The Kier molecular flexibility index (Phi) is 10.5. The number of rotatable bonds is 10. The highest BCUT2D eigenvalue weighted by Crippen LogP contribution is 2.32. The number of amides is 4. The molecule has 3 aliphatic rings. The molecule has 4 rings (SSSR count). The molecule has 1 aromatic carbocycles. The maximum Gasteiger partial charge on any atom is 0.251 e. The van der Waals surface area contributed by atoms with Gasteiger partial charge in [-0.1, -0.05) is 34.1 Å². The van der Waals surface area contributed by atoms with Crippen LogP contribution in [0.1, 0.15) is 64.2 Å². The minimum atomic E-state index is -0.798. The first-order valence-corrected chi connectivity index (χ1v) is 15.7. The van der Waals surface area contributed by atoms with Gasteiger partial charge >= 0.3 is 0 Å². The van der Waals surface area contributed by atoms with E-state index in [0.29, 0.717) is 31.4 Å². The molecular weight excluding hydrogens is 548 g/mol. The second-order valence-electron chi connectivity index (χ2n) is 12.8. The summed E-state index contributed by atoms with van der Waals surface area (Å²) in [6.07, 6.45) is 1.58. The van der Waals surface area contributed by atoms with Gasteiger partial charge in [-0.3, -0.25) is 24.0 Å². The standard InChI is InChI=1S/C32H48N6O5/c1-7-21(4)28(33-22(5)39)32(43)38-19-27(40)29-26(38)12-13-37(29)31(42)25(18-20(2)3)34-30(41)23-8-10-24(11-9-23)36-16-14-35(6)15-17-36/h8-11,20-21,25-26,28-29H,7,12-19H2,1-6H3,(H,33,39)(H,34,41). The van der Waals surface area contributed by atoms with Gasteiger partial charge in [0, 0.05) is 50.9 Å². The molecule has 43 heavy (non-hydrogen) atoms. The van der Waals surface area contributed by atoms with Crippen LogP contribution in [0.15, 0.2) is 24.3 Å². The Morgan fingerprint density at radius 1 is 0.907 bits per heavy atom. The smallest absolute Gasteiger partial charge is 0.251 e. The number of fused-ring (bicyclic) bond motifs is 1. The van der Waals surface area contributed by atoms with E-state index in [4.69, 9.17) is 0 Å². The number of benzene rings is 1. The molecule has 5 unspecified atom stereocenters. The molecule has 4 amide bonds. The molecule has 1 aromatic rings. The molecule has 0 aromatic heterocycles. The topological polar surface area (TPSA) is 122 Å². The molecule has 0 radical (unpaired) electrons. The first kappa shape index (κ1) is 32.4. The number of piperazine rings is 1. The van der Waals surface area contributed by atoms with E-state index < -0.39 is 24.2 Å². The number of carbonyl (C=O) groups is 5. The van der Waals surface area contributed by atoms with Crippen LogP contribution >= 0.6 is 0 Å². The van der Waals surface area contributed by atoms with Crippen molar-refractivity contribution in [3.8, 4) is 0 Å². The third-order valence-electron chi connectivity index (χ3n) is 9.13. The number of nitrogens with one attached hydrogen (secondary N) is 2. The number of ketones is 1. The van der Waals surface area contributed by atoms with E-state index in [1.54, 1.807) is 21.9 Å². The molecule has 3 fully saturated rings. The molecule has 3 saturated heterocycles. The summed E-state index contributed by atoms with van der Waals surface area (Å²) in [5.41, 5.74) is 1.54. The van der Waals surface area contributed by atoms with Crippen LogP contribution < -0.4 is 15.5 Å². The molecule has 3 aliphatic heterocycles. The van der Waals surface area contributed by atoms with Crippen LogP contribution in [-0.2, 0) is 19.2 Å². The fourth-order valence-electron chi connectivity index (χ4n) is 6.46. The molecule has 3 heterocycles. The maximum absolute atomic E-state index is 13.9. The Morgan fingerprint density at radius 3 is 2.14 bits per heavy atom. The van der Waals surface area contributed by atoms with Gasteiger partial charge in [0.15, 0.2) is 5.78 Å². The lowest BCUT2D eigenvalue weighted by molar-refractivity contribution is -0.139. The number of nitrogens with zero attached hydrogens (tertiary/aromatic N) is 4. The zero-order chi connectivity index (χ0) is 31.4. The van der Waals surface area contributed by atoms with Crippen molar-refractivity contribution < 1.29 is 24.0 Å². The van der Waals surface area contributed by atoms with E-state index in [-0.39, 0.29) is 47.8 Å². The molecule has 0 spiro atoms. The van der Waals surface area contributed by atoms with Crippen molar-refractivity contribution in [2.75, 3.05) is 51.2 Å². The summed E-state index contributed by atoms with van der Waals surface area (Å²) in [7, 11) is 2.11. The number of carbonyl (C=O) groups excluding carboxylic acids is 5. The van der Waals surface area contributed by atoms with Gasteiger partial charge in [0.05, 0.1) is 12.6 Å². The molecule has 0 saturated carbocycles. The highest BCUT2D eigenvalue weighted by atomic mass is 16.2. The first-order valence-electron chi connectivity index (χ1n) is 15.7. The molecule has 11 heteroatoms. The van der Waals surface area contributed by atoms with Crippen molar-refractivity contribution in [1.29, 1.82) is 0 Å². The predicted octanol–water partition coefficient (Wildman–Crippen LogP) is 1.51. The van der Waals surface area contributed by atoms with E-state index in [1.807, 2.05) is 39.8 Å². The average molecular weight is 597 g/mol.